The Balaban J connectivity index is 2.73. The molecule has 0 bridgehead atoms. The summed E-state index contributed by atoms with van der Waals surface area (Å²) in [6.45, 7) is 3.14. The molecule has 0 saturated carbocycles. The van der Waals surface area contributed by atoms with E-state index in [4.69, 9.17) is 17.0 Å². The highest BCUT2D eigenvalue weighted by atomic mass is 32.1. The molecule has 0 spiro atoms. The molecule has 20 heavy (non-hydrogen) atoms. The number of rotatable bonds is 6. The summed E-state index contributed by atoms with van der Waals surface area (Å²) in [4.78, 5) is 12.3. The Kier molecular flexibility index (Phi) is 6.33. The predicted molar refractivity (Wildman–Crippen MR) is 81.8 cm³/mol. The molecule has 1 rings (SSSR count). The summed E-state index contributed by atoms with van der Waals surface area (Å²) in [7, 11) is 3.48. The summed E-state index contributed by atoms with van der Waals surface area (Å²) in [6, 6.07) is 6.52. The molecule has 0 aliphatic rings. The van der Waals surface area contributed by atoms with Gasteiger partial charge in [-0.2, -0.15) is 0 Å². The van der Waals surface area contributed by atoms with Gasteiger partial charge >= 0.3 is 0 Å². The van der Waals surface area contributed by atoms with Crippen LogP contribution in [-0.4, -0.2) is 42.2 Å². The van der Waals surface area contributed by atoms with Crippen molar-refractivity contribution in [3.8, 4) is 0 Å². The van der Waals surface area contributed by atoms with Crippen LogP contribution >= 0.6 is 12.2 Å². The lowest BCUT2D eigenvalue weighted by atomic mass is 10.1. The van der Waals surface area contributed by atoms with E-state index in [2.05, 4.69) is 5.32 Å². The molecule has 110 valence electrons. The summed E-state index contributed by atoms with van der Waals surface area (Å²) >= 11 is 5.28. The van der Waals surface area contributed by atoms with Crippen LogP contribution in [0.5, 0.6) is 0 Å². The molecule has 0 saturated heterocycles. The van der Waals surface area contributed by atoms with Crippen molar-refractivity contribution in [3.05, 3.63) is 39.9 Å². The van der Waals surface area contributed by atoms with Gasteiger partial charge in [-0.05, 0) is 24.7 Å². The van der Waals surface area contributed by atoms with E-state index < -0.39 is 4.92 Å². The summed E-state index contributed by atoms with van der Waals surface area (Å²) < 4.78 is 4.94. The van der Waals surface area contributed by atoms with Crippen LogP contribution in [0.3, 0.4) is 0 Å². The van der Waals surface area contributed by atoms with Crippen molar-refractivity contribution in [3.63, 3.8) is 0 Å². The van der Waals surface area contributed by atoms with Gasteiger partial charge in [0.2, 0.25) is 0 Å². The van der Waals surface area contributed by atoms with Gasteiger partial charge in [-0.1, -0.05) is 12.1 Å². The molecule has 1 aromatic rings. The molecule has 0 radical (unpaired) electrons. The van der Waals surface area contributed by atoms with Crippen LogP contribution in [0, 0.1) is 10.1 Å². The number of hydrogen-bond acceptors (Lipinski definition) is 4. The van der Waals surface area contributed by atoms with E-state index in [1.807, 2.05) is 24.9 Å². The van der Waals surface area contributed by atoms with Gasteiger partial charge in [-0.25, -0.2) is 0 Å². The number of nitro groups is 1. The van der Waals surface area contributed by atoms with Crippen LogP contribution < -0.4 is 5.32 Å². The van der Waals surface area contributed by atoms with Crippen molar-refractivity contribution in [2.24, 2.45) is 0 Å². The van der Waals surface area contributed by atoms with Crippen molar-refractivity contribution < 1.29 is 9.66 Å². The van der Waals surface area contributed by atoms with Crippen LogP contribution in [0.25, 0.3) is 0 Å². The van der Waals surface area contributed by atoms with Gasteiger partial charge in [0.15, 0.2) is 5.11 Å². The average molecular weight is 297 g/mol. The summed E-state index contributed by atoms with van der Waals surface area (Å²) in [6.07, 6.45) is 0. The van der Waals surface area contributed by atoms with Gasteiger partial charge in [-0.15, -0.1) is 0 Å². The van der Waals surface area contributed by atoms with E-state index in [0.717, 1.165) is 5.56 Å². The maximum absolute atomic E-state index is 10.8. The molecule has 1 atom stereocenters. The molecule has 0 aliphatic heterocycles. The number of methoxy groups -OCH3 is 1. The van der Waals surface area contributed by atoms with Crippen LogP contribution in [0.4, 0.5) is 5.69 Å². The van der Waals surface area contributed by atoms with E-state index in [1.54, 1.807) is 19.2 Å². The minimum Gasteiger partial charge on any atom is -0.383 e. The van der Waals surface area contributed by atoms with Crippen molar-refractivity contribution in [1.29, 1.82) is 0 Å². The minimum absolute atomic E-state index is 0.0579. The number of ether oxygens (including phenoxy) is 1. The van der Waals surface area contributed by atoms with Crippen LogP contribution in [0.2, 0.25) is 0 Å². The highest BCUT2D eigenvalue weighted by molar-refractivity contribution is 7.80. The number of non-ortho nitro benzene ring substituents is 1. The highest BCUT2D eigenvalue weighted by Gasteiger charge is 2.16. The minimum atomic E-state index is -0.397. The lowest BCUT2D eigenvalue weighted by molar-refractivity contribution is -0.384. The molecule has 0 unspecified atom stereocenters. The van der Waals surface area contributed by atoms with Gasteiger partial charge in [0.1, 0.15) is 0 Å². The van der Waals surface area contributed by atoms with Crippen LogP contribution in [0.15, 0.2) is 24.3 Å². The number of nitrogens with zero attached hydrogens (tertiary/aromatic N) is 2. The number of hydrogen-bond donors (Lipinski definition) is 1. The monoisotopic (exact) mass is 297 g/mol. The van der Waals surface area contributed by atoms with Gasteiger partial charge in [0.05, 0.1) is 17.6 Å². The Hall–Kier alpha value is -1.73. The van der Waals surface area contributed by atoms with E-state index in [1.165, 1.54) is 6.07 Å². The van der Waals surface area contributed by atoms with Crippen molar-refractivity contribution in [1.82, 2.24) is 10.2 Å². The number of nitrogens with one attached hydrogen (secondary N) is 1. The SMILES string of the molecule is COCCNC(=S)N(C)[C@H](C)c1cccc([N+](=O)[O-])c1. The fourth-order valence-electron chi connectivity index (χ4n) is 1.68. The molecule has 0 aromatic heterocycles. The Bertz CT molecular complexity index is 482. The summed E-state index contributed by atoms with van der Waals surface area (Å²) in [5, 5.41) is 14.4. The molecule has 0 aliphatic carbocycles. The third-order valence-corrected chi connectivity index (χ3v) is 3.48. The zero-order chi connectivity index (χ0) is 15.1. The summed E-state index contributed by atoms with van der Waals surface area (Å²) in [5.41, 5.74) is 0.929. The average Bonchev–Trinajstić information content (AvgIpc) is 2.45. The highest BCUT2D eigenvalue weighted by Crippen LogP contribution is 2.22. The quantitative estimate of drug-likeness (QED) is 0.375. The van der Waals surface area contributed by atoms with E-state index in [-0.39, 0.29) is 11.7 Å². The molecule has 1 aromatic carbocycles. The third kappa shape index (κ3) is 4.43. The van der Waals surface area contributed by atoms with Crippen molar-refractivity contribution in [2.45, 2.75) is 13.0 Å². The van der Waals surface area contributed by atoms with Crippen molar-refractivity contribution in [2.75, 3.05) is 27.3 Å². The number of benzene rings is 1. The zero-order valence-electron chi connectivity index (χ0n) is 11.8. The van der Waals surface area contributed by atoms with Gasteiger partial charge < -0.3 is 15.0 Å². The Morgan fingerprint density at radius 1 is 1.60 bits per heavy atom. The topological polar surface area (TPSA) is 67.6 Å². The smallest absolute Gasteiger partial charge is 0.269 e. The lowest BCUT2D eigenvalue weighted by Gasteiger charge is -2.28. The second kappa shape index (κ2) is 7.76. The molecule has 0 amide bonds. The van der Waals surface area contributed by atoms with Crippen LogP contribution in [0.1, 0.15) is 18.5 Å². The first-order valence-electron chi connectivity index (χ1n) is 6.21. The Morgan fingerprint density at radius 3 is 2.90 bits per heavy atom. The molecule has 1 N–H and O–H groups in total. The largest absolute Gasteiger partial charge is 0.383 e. The first-order chi connectivity index (χ1) is 9.47. The summed E-state index contributed by atoms with van der Waals surface area (Å²) in [5.74, 6) is 0. The van der Waals surface area contributed by atoms with E-state index in [9.17, 15) is 10.1 Å². The molecule has 7 heteroatoms. The van der Waals surface area contributed by atoms with E-state index >= 15 is 0 Å². The fourth-order valence-corrected chi connectivity index (χ4v) is 1.94. The van der Waals surface area contributed by atoms with Crippen molar-refractivity contribution >= 4 is 23.0 Å². The third-order valence-electron chi connectivity index (χ3n) is 3.05. The van der Waals surface area contributed by atoms with Crippen LogP contribution in [-0.2, 0) is 4.74 Å². The normalized spacial score (nSPS) is 11.8. The van der Waals surface area contributed by atoms with Gasteiger partial charge in [0.25, 0.3) is 5.69 Å². The molecule has 0 fully saturated rings. The first kappa shape index (κ1) is 16.3. The predicted octanol–water partition coefficient (Wildman–Crippen LogP) is 2.11. The molecule has 0 heterocycles. The maximum atomic E-state index is 10.8. The Morgan fingerprint density at radius 2 is 2.30 bits per heavy atom. The first-order valence-corrected chi connectivity index (χ1v) is 6.62. The lowest BCUT2D eigenvalue weighted by Crippen LogP contribution is -2.39. The Labute approximate surface area is 123 Å². The standard InChI is InChI=1S/C13H19N3O3S/c1-10(15(2)13(20)14-7-8-19-3)11-5-4-6-12(9-11)16(17)18/h4-6,9-10H,7-8H2,1-3H3,(H,14,20)/t10-/m1/s1. The molecular formula is C13H19N3O3S. The second-order valence-corrected chi connectivity index (χ2v) is 4.75. The maximum Gasteiger partial charge on any atom is 0.269 e. The zero-order valence-corrected chi connectivity index (χ0v) is 12.6. The van der Waals surface area contributed by atoms with Gasteiger partial charge in [-0.3, -0.25) is 10.1 Å². The van der Waals surface area contributed by atoms with Gasteiger partial charge in [0, 0.05) is 32.8 Å². The van der Waals surface area contributed by atoms with E-state index in [0.29, 0.717) is 18.3 Å². The number of nitro benzene ring substituents is 1. The molecular weight excluding hydrogens is 278 g/mol. The fraction of sp³-hybridized carbons (Fsp3) is 0.462. The second-order valence-electron chi connectivity index (χ2n) is 4.36. The molecule has 6 nitrogen and oxygen atoms in total. The number of thiocarbonyl (C=S) groups is 1.